The van der Waals surface area contributed by atoms with Gasteiger partial charge in [-0.1, -0.05) is 86.6 Å². The molecule has 8 aliphatic heterocycles. The number of methoxy groups -OCH3 is 2. The highest BCUT2D eigenvalue weighted by Gasteiger charge is 2.49. The van der Waals surface area contributed by atoms with Crippen molar-refractivity contribution in [2.75, 3.05) is 133 Å². The summed E-state index contributed by atoms with van der Waals surface area (Å²) in [6.07, 6.45) is 6.59. The average molecular weight is 2120 g/mol. The number of hydrogen-bond donors (Lipinski definition) is 7. The molecule has 4 fully saturated rings. The van der Waals surface area contributed by atoms with E-state index in [1.807, 2.05) is 5.38 Å². The number of nitrogens with zero attached hydrogens (tertiary/aromatic N) is 13. The molecule has 5 unspecified atom stereocenters. The molecule has 16 rings (SSSR count). The molecule has 4 aromatic carbocycles. The van der Waals surface area contributed by atoms with E-state index in [0.29, 0.717) is 174 Å². The van der Waals surface area contributed by atoms with Crippen molar-refractivity contribution < 1.29 is 105 Å². The molecule has 4 saturated heterocycles. The molecule has 0 amide bonds. The number of morpholine rings is 4. The number of rotatable bonds is 26. The van der Waals surface area contributed by atoms with Gasteiger partial charge in [-0.25, -0.2) is 52.3 Å². The van der Waals surface area contributed by atoms with Gasteiger partial charge < -0.3 is 79.2 Å². The van der Waals surface area contributed by atoms with E-state index in [1.165, 1.54) is 102 Å². The molecule has 0 bridgehead atoms. The van der Waals surface area contributed by atoms with Crippen molar-refractivity contribution in [1.29, 1.82) is 0 Å². The number of carbonyl (C=O) groups excluding carboxylic acids is 4. The molecule has 138 heavy (non-hydrogen) atoms. The fraction of sp³-hybridized carbons (Fsp3) is 0.396. The molecule has 8 aliphatic rings. The Bertz CT molecular complexity index is 6080. The molecule has 35 nitrogen and oxygen atoms in total. The summed E-state index contributed by atoms with van der Waals surface area (Å²) in [4.78, 5) is 134. The molecule has 8 aromatic rings. The van der Waals surface area contributed by atoms with Crippen LogP contribution in [0.2, 0.25) is 20.1 Å². The largest absolute Gasteiger partial charge is 0.480 e. The quantitative estimate of drug-likeness (QED) is 0.0195. The number of carbonyl (C=O) groups is 7. The molecule has 7 N–H and O–H groups in total. The van der Waals surface area contributed by atoms with Gasteiger partial charge in [-0.3, -0.25) is 54.0 Å². The summed E-state index contributed by atoms with van der Waals surface area (Å²) in [5.74, 6) is -5.14. The third-order valence-electron chi connectivity index (χ3n) is 23.0. The first-order chi connectivity index (χ1) is 66.1. The Morgan fingerprint density at radius 1 is 0.486 bits per heavy atom. The van der Waals surface area contributed by atoms with Crippen LogP contribution in [0.15, 0.2) is 189 Å². The lowest BCUT2D eigenvalue weighted by Gasteiger charge is -2.44. The number of thiazole rings is 4. The average Bonchev–Trinajstić information content (AvgIpc) is 1.17. The lowest BCUT2D eigenvalue weighted by atomic mass is 9.92. The van der Waals surface area contributed by atoms with Gasteiger partial charge in [0.1, 0.15) is 59.7 Å². The van der Waals surface area contributed by atoms with Gasteiger partial charge in [0.15, 0.2) is 43.4 Å². The number of aliphatic hydroxyl groups is 1. The number of carboxylic acid groups (broad SMARTS) is 3. The predicted octanol–water partition coefficient (Wildman–Crippen LogP) is 12.2. The second kappa shape index (κ2) is 47.2. The van der Waals surface area contributed by atoms with Gasteiger partial charge >= 0.3 is 41.8 Å². The van der Waals surface area contributed by atoms with Gasteiger partial charge in [0.25, 0.3) is 0 Å². The maximum atomic E-state index is 13.9. The maximum Gasteiger partial charge on any atom is 0.338 e. The molecule has 4 aromatic heterocycles. The van der Waals surface area contributed by atoms with Crippen molar-refractivity contribution in [2.45, 2.75) is 101 Å². The fourth-order valence-corrected chi connectivity index (χ4v) is 20.7. The van der Waals surface area contributed by atoms with Gasteiger partial charge in [0, 0.05) is 170 Å². The Balaban J connectivity index is 0.000000155. The highest BCUT2D eigenvalue weighted by molar-refractivity contribution is 9.10. The van der Waals surface area contributed by atoms with E-state index >= 15 is 0 Å². The van der Waals surface area contributed by atoms with E-state index in [0.717, 1.165) is 6.07 Å². The maximum absolute atomic E-state index is 13.9. The Kier molecular flexibility index (Phi) is 35.9. The summed E-state index contributed by atoms with van der Waals surface area (Å²) in [7, 11) is 4.32. The van der Waals surface area contributed by atoms with Crippen LogP contribution in [-0.2, 0) is 71.5 Å². The van der Waals surface area contributed by atoms with E-state index < -0.39 is 113 Å². The van der Waals surface area contributed by atoms with Crippen LogP contribution < -0.4 is 16.0 Å². The van der Waals surface area contributed by atoms with Gasteiger partial charge in [0.2, 0.25) is 0 Å². The summed E-state index contributed by atoms with van der Waals surface area (Å²) in [6.45, 7) is 14.8. The van der Waals surface area contributed by atoms with Crippen molar-refractivity contribution in [3.8, 4) is 0 Å². The molecule has 12 heterocycles. The first-order valence-corrected chi connectivity index (χ1v) is 48.8. The Labute approximate surface area is 834 Å². The summed E-state index contributed by atoms with van der Waals surface area (Å²) in [5, 5.41) is 59.9. The Morgan fingerprint density at radius 2 is 0.870 bits per heavy atom. The van der Waals surface area contributed by atoms with Crippen molar-refractivity contribution in [3.63, 3.8) is 0 Å². The fourth-order valence-electron chi connectivity index (χ4n) is 16.7. The van der Waals surface area contributed by atoms with E-state index in [-0.39, 0.29) is 78.9 Å². The van der Waals surface area contributed by atoms with Crippen LogP contribution >= 0.6 is 108 Å². The Morgan fingerprint density at radius 3 is 1.28 bits per heavy atom. The summed E-state index contributed by atoms with van der Waals surface area (Å²) in [6, 6.07) is 10.6. The van der Waals surface area contributed by atoms with Crippen LogP contribution in [0, 0.1) is 17.5 Å². The molecule has 0 radical (unpaired) electrons. The number of likely N-dealkylation sites (N-methyl/N-ethyl adjacent to an activating group) is 1. The lowest BCUT2D eigenvalue weighted by molar-refractivity contribution is -0.171. The van der Waals surface area contributed by atoms with Crippen LogP contribution in [0.4, 0.5) is 13.2 Å². The van der Waals surface area contributed by atoms with Crippen LogP contribution in [0.25, 0.3) is 0 Å². The Hall–Kier alpha value is -10.4. The SMILES string of the molecule is CCOC(=O)C1=C(CN2CCOC(C)(C)[C@H]2C(=O)O)NC(c2nccs2)=NC1c1ccc(F)cc1Br.CCOC(=O)C1=C(CN2CCOCC2C(=O)O)N(C)C(c2nccs2)=NC1c1ccc(F)cc1Cl.COC(=O)C1=C(CN2CCOC(C)(C)[C@H]2C(=O)O)NC(c2nccs2)=NC1c1ccc(F)cc1Cl.COC(=O)C1=C(CN2CCOC[C@@H]2CO)NC(c2nccs2)=NC1c1ccc(Cl)cc1Cl. The number of nitrogens with one attached hydrogen (secondary N) is 3. The summed E-state index contributed by atoms with van der Waals surface area (Å²) >= 11 is 34.3. The molecule has 0 spiro atoms. The highest BCUT2D eigenvalue weighted by Crippen LogP contribution is 2.45. The van der Waals surface area contributed by atoms with E-state index in [2.05, 4.69) is 61.7 Å². The molecule has 734 valence electrons. The van der Waals surface area contributed by atoms with Gasteiger partial charge in [-0.15, -0.1) is 45.3 Å². The van der Waals surface area contributed by atoms with Crippen molar-refractivity contribution in [3.05, 3.63) is 248 Å². The number of amidine groups is 4. The van der Waals surface area contributed by atoms with Crippen molar-refractivity contribution >= 4 is 173 Å². The van der Waals surface area contributed by atoms with E-state index in [9.17, 15) is 67.2 Å². The zero-order valence-electron chi connectivity index (χ0n) is 75.6. The van der Waals surface area contributed by atoms with Crippen molar-refractivity contribution in [1.82, 2.24) is 60.4 Å². The van der Waals surface area contributed by atoms with Crippen LogP contribution in [-0.4, -0.2) is 298 Å². The van der Waals surface area contributed by atoms with Gasteiger partial charge in [0.05, 0.1) is 113 Å². The van der Waals surface area contributed by atoms with Crippen LogP contribution in [0.5, 0.6) is 0 Å². The number of benzene rings is 4. The number of aliphatic hydroxyl groups excluding tert-OH is 1. The van der Waals surface area contributed by atoms with Crippen molar-refractivity contribution in [2.24, 2.45) is 20.0 Å². The molecule has 0 saturated carbocycles. The number of hydrogen-bond acceptors (Lipinski definition) is 36. The summed E-state index contributed by atoms with van der Waals surface area (Å²) < 4.78 is 85.3. The minimum Gasteiger partial charge on any atom is -0.480 e. The first-order valence-electron chi connectivity index (χ1n) is 42.9. The number of halogens is 8. The van der Waals surface area contributed by atoms with Gasteiger partial charge in [-0.2, -0.15) is 0 Å². The molecular formula is C91H96BrCl4F3N16O19S4. The zero-order valence-corrected chi connectivity index (χ0v) is 83.4. The van der Waals surface area contributed by atoms with Crippen LogP contribution in [0.3, 0.4) is 0 Å². The first kappa shape index (κ1) is 105. The lowest BCUT2D eigenvalue weighted by Crippen LogP contribution is -2.61. The minimum atomic E-state index is -1.04. The van der Waals surface area contributed by atoms with Gasteiger partial charge in [-0.05, 0) is 95.6 Å². The predicted molar refractivity (Wildman–Crippen MR) is 515 cm³/mol. The standard InChI is InChI=1S/C24H26BrFN4O5S.2C23H24ClFN4O5S.C21H22Cl2N4O4S/c1-4-34-23(33)17-16(12-30-8-9-35-24(2,3)19(30)22(31)32)28-20(21-27-7-10-36-21)29-18(17)14-6-5-13(26)11-15(14)25;1-23(2)18(21(30)31)29(7-8-34-23)11-15-16(22(32)33-3)17(13-5-4-12(25)10-14(13)24)28-19(27-15)20-26-6-9-35-20;1-3-34-23(32)18-16(11-29-7-8-33-12-17(29)22(30)31)28(2)20(21-26-6-9-35-21)27-19(18)14-5-4-13(25)10-15(14)24;1-30-21(29)17-16(9-27-5-6-31-11-13(27)10-28)25-19(20-24-4-7-32-20)26-18(17)14-3-2-12(22)8-15(14)23/h5-7,10-11,18-19H,4,8-9,12H2,1-3H3,(H,28,29)(H,31,32);4-6,9-10,17-18H,7-8,11H2,1-3H3,(H,27,28)(H,30,31);4-6,9-10,17,19H,3,7-8,11-12H2,1-2H3,(H,30,31);2-4,7-8,13,18,28H,5-6,9-11H2,1H3,(H,25,26)/t18?,19-;17?,18-;;13-,18?/m11.0/s1. The number of esters is 4. The molecule has 8 atom stereocenters. The number of aliphatic imine (C=N–C) groups is 4. The number of ether oxygens (including phenoxy) is 8. The van der Waals surface area contributed by atoms with E-state index in [4.69, 9.17) is 99.3 Å². The third kappa shape index (κ3) is 24.6. The topological polar surface area (TPSA) is 428 Å². The number of carboxylic acids is 3. The monoisotopic (exact) mass is 2120 g/mol. The normalized spacial score (nSPS) is 21.9. The second-order valence-corrected chi connectivity index (χ2v) is 38.6. The smallest absolute Gasteiger partial charge is 0.338 e. The minimum absolute atomic E-state index is 0.0295. The number of aromatic nitrogens is 4. The number of aliphatic carboxylic acids is 3. The molecular weight excluding hydrogens is 2030 g/mol. The van der Waals surface area contributed by atoms with Crippen LogP contribution in [0.1, 0.15) is 108 Å². The summed E-state index contributed by atoms with van der Waals surface area (Å²) in [5.41, 5.74) is 2.99. The van der Waals surface area contributed by atoms with E-state index in [1.54, 1.807) is 133 Å². The second-order valence-electron chi connectivity index (χ2n) is 32.5. The highest BCUT2D eigenvalue weighted by atomic mass is 79.9. The molecule has 47 heteroatoms. The zero-order chi connectivity index (χ0) is 99.1. The third-order valence-corrected chi connectivity index (χ3v) is 28.0. The molecule has 0 aliphatic carbocycles.